The number of carbonyl (C=O) groups excluding carboxylic acids is 1. The molecular formula is C12H24O3Si. The second-order valence-corrected chi connectivity index (χ2v) is 10.9. The molecule has 1 fully saturated rings. The third kappa shape index (κ3) is 3.59. The van der Waals surface area contributed by atoms with Gasteiger partial charge in [-0.1, -0.05) is 20.8 Å². The zero-order valence-electron chi connectivity index (χ0n) is 11.3. The van der Waals surface area contributed by atoms with E-state index in [1.54, 1.807) is 0 Å². The molecule has 94 valence electrons. The molecule has 0 heterocycles. The number of esters is 1. The van der Waals surface area contributed by atoms with Crippen molar-refractivity contribution >= 4 is 14.3 Å². The number of carbonyl (C=O) groups is 1. The molecule has 1 rings (SSSR count). The Hall–Kier alpha value is -0.353. The molecule has 1 aliphatic carbocycles. The highest BCUT2D eigenvalue weighted by atomic mass is 28.4. The van der Waals surface area contributed by atoms with Gasteiger partial charge >= 0.3 is 5.97 Å². The van der Waals surface area contributed by atoms with Crippen LogP contribution < -0.4 is 0 Å². The Morgan fingerprint density at radius 2 is 1.81 bits per heavy atom. The zero-order chi connectivity index (χ0) is 12.6. The van der Waals surface area contributed by atoms with Crippen LogP contribution in [0, 0.1) is 5.92 Å². The number of ether oxygens (including phenoxy) is 1. The summed E-state index contributed by atoms with van der Waals surface area (Å²) in [5.74, 6) is 0.0525. The van der Waals surface area contributed by atoms with Crippen molar-refractivity contribution < 1.29 is 14.0 Å². The van der Waals surface area contributed by atoms with Gasteiger partial charge in [0.15, 0.2) is 14.6 Å². The maximum Gasteiger partial charge on any atom is 0.311 e. The lowest BCUT2D eigenvalue weighted by atomic mass is 10.2. The molecule has 0 bridgehead atoms. The summed E-state index contributed by atoms with van der Waals surface area (Å²) in [5, 5.41) is 0.146. The van der Waals surface area contributed by atoms with E-state index in [1.165, 1.54) is 0 Å². The summed E-state index contributed by atoms with van der Waals surface area (Å²) in [4.78, 5) is 11.5. The van der Waals surface area contributed by atoms with Gasteiger partial charge in [0.2, 0.25) is 0 Å². The quantitative estimate of drug-likeness (QED) is 0.432. The van der Waals surface area contributed by atoms with E-state index < -0.39 is 14.6 Å². The minimum atomic E-state index is -1.83. The van der Waals surface area contributed by atoms with Crippen molar-refractivity contribution in [2.45, 2.75) is 65.0 Å². The van der Waals surface area contributed by atoms with Crippen LogP contribution in [-0.4, -0.2) is 20.6 Å². The lowest BCUT2D eigenvalue weighted by Gasteiger charge is -2.37. The van der Waals surface area contributed by atoms with Gasteiger partial charge in [0.25, 0.3) is 0 Å². The lowest BCUT2D eigenvalue weighted by Crippen LogP contribution is -2.44. The van der Waals surface area contributed by atoms with Crippen molar-refractivity contribution in [2.24, 2.45) is 5.92 Å². The molecule has 0 spiro atoms. The summed E-state index contributed by atoms with van der Waals surface area (Å²) in [6.45, 7) is 12.7. The highest BCUT2D eigenvalue weighted by molar-refractivity contribution is 6.74. The van der Waals surface area contributed by atoms with E-state index in [0.717, 1.165) is 12.8 Å². The minimum absolute atomic E-state index is 0.0915. The average Bonchev–Trinajstić information content (AvgIpc) is 2.80. The smallest absolute Gasteiger partial charge is 0.311 e. The van der Waals surface area contributed by atoms with Crippen molar-refractivity contribution in [1.29, 1.82) is 0 Å². The van der Waals surface area contributed by atoms with Crippen molar-refractivity contribution in [3.05, 3.63) is 0 Å². The normalized spacial score (nSPS) is 19.4. The van der Waals surface area contributed by atoms with E-state index >= 15 is 0 Å². The first-order chi connectivity index (χ1) is 7.13. The first-order valence-electron chi connectivity index (χ1n) is 6.02. The number of hydrogen-bond acceptors (Lipinski definition) is 3. The molecule has 16 heavy (non-hydrogen) atoms. The molecule has 1 aliphatic rings. The standard InChI is InChI=1S/C12H24O3Si/c1-9(14-11(13)10-7-8-10)15-16(5,6)12(2,3)4/h9-10H,7-8H2,1-6H3. The Morgan fingerprint density at radius 1 is 1.31 bits per heavy atom. The second-order valence-electron chi connectivity index (χ2n) is 6.16. The molecule has 1 saturated carbocycles. The van der Waals surface area contributed by atoms with Crippen LogP contribution in [0.5, 0.6) is 0 Å². The van der Waals surface area contributed by atoms with Crippen LogP contribution in [0.15, 0.2) is 0 Å². The molecule has 0 aromatic carbocycles. The molecule has 3 nitrogen and oxygen atoms in total. The van der Waals surface area contributed by atoms with Crippen molar-refractivity contribution in [3.63, 3.8) is 0 Å². The van der Waals surface area contributed by atoms with Crippen LogP contribution in [-0.2, 0) is 14.0 Å². The van der Waals surface area contributed by atoms with E-state index in [1.807, 2.05) is 6.92 Å². The third-order valence-electron chi connectivity index (χ3n) is 3.46. The zero-order valence-corrected chi connectivity index (χ0v) is 12.3. The fourth-order valence-electron chi connectivity index (χ4n) is 1.19. The Balaban J connectivity index is 2.43. The lowest BCUT2D eigenvalue weighted by molar-refractivity contribution is -0.164. The predicted molar refractivity (Wildman–Crippen MR) is 66.6 cm³/mol. The Bertz CT molecular complexity index is 264. The van der Waals surface area contributed by atoms with Gasteiger partial charge in [-0.3, -0.25) is 4.79 Å². The molecule has 4 heteroatoms. The molecule has 1 atom stereocenters. The van der Waals surface area contributed by atoms with Crippen LogP contribution in [0.4, 0.5) is 0 Å². The van der Waals surface area contributed by atoms with Crippen molar-refractivity contribution in [2.75, 3.05) is 0 Å². The van der Waals surface area contributed by atoms with Gasteiger partial charge in [-0.15, -0.1) is 0 Å². The average molecular weight is 244 g/mol. The van der Waals surface area contributed by atoms with Crippen molar-refractivity contribution in [3.8, 4) is 0 Å². The number of hydrogen-bond donors (Lipinski definition) is 0. The third-order valence-corrected chi connectivity index (χ3v) is 7.99. The maximum absolute atomic E-state index is 11.5. The van der Waals surface area contributed by atoms with Crippen LogP contribution in [0.25, 0.3) is 0 Å². The van der Waals surface area contributed by atoms with Gasteiger partial charge in [0.05, 0.1) is 5.92 Å². The van der Waals surface area contributed by atoms with E-state index in [-0.39, 0.29) is 16.9 Å². The van der Waals surface area contributed by atoms with Crippen molar-refractivity contribution in [1.82, 2.24) is 0 Å². The Labute approximate surface area is 99.6 Å². The van der Waals surface area contributed by atoms with E-state index in [2.05, 4.69) is 33.9 Å². The molecule has 0 aliphatic heterocycles. The van der Waals surface area contributed by atoms with Gasteiger partial charge in [0, 0.05) is 0 Å². The summed E-state index contributed by atoms with van der Waals surface area (Å²) < 4.78 is 11.2. The summed E-state index contributed by atoms with van der Waals surface area (Å²) in [5.41, 5.74) is 0. The molecule has 0 aromatic rings. The van der Waals surface area contributed by atoms with Crippen LogP contribution >= 0.6 is 0 Å². The first kappa shape index (κ1) is 13.7. The molecule has 0 radical (unpaired) electrons. The Kier molecular flexibility index (Phi) is 3.85. The van der Waals surface area contributed by atoms with Gasteiger partial charge in [0.1, 0.15) is 0 Å². The minimum Gasteiger partial charge on any atom is -0.437 e. The second kappa shape index (κ2) is 4.49. The summed E-state index contributed by atoms with van der Waals surface area (Å²) in [6.07, 6.45) is 1.55. The molecule has 0 saturated heterocycles. The number of rotatable bonds is 4. The van der Waals surface area contributed by atoms with Crippen LogP contribution in [0.1, 0.15) is 40.5 Å². The van der Waals surface area contributed by atoms with E-state index in [9.17, 15) is 4.79 Å². The molecule has 0 N–H and O–H groups in total. The van der Waals surface area contributed by atoms with Gasteiger partial charge in [-0.25, -0.2) is 0 Å². The molecule has 0 aromatic heterocycles. The molecule has 0 amide bonds. The topological polar surface area (TPSA) is 35.5 Å². The maximum atomic E-state index is 11.5. The summed E-state index contributed by atoms with van der Waals surface area (Å²) in [6, 6.07) is 0. The highest BCUT2D eigenvalue weighted by Gasteiger charge is 2.40. The predicted octanol–water partition coefficient (Wildman–Crippen LogP) is 3.31. The van der Waals surface area contributed by atoms with Gasteiger partial charge in [-0.05, 0) is 37.9 Å². The fraction of sp³-hybridized carbons (Fsp3) is 0.917. The monoisotopic (exact) mass is 244 g/mol. The summed E-state index contributed by atoms with van der Waals surface area (Å²) in [7, 11) is -1.83. The molecular weight excluding hydrogens is 220 g/mol. The van der Waals surface area contributed by atoms with Crippen LogP contribution in [0.3, 0.4) is 0 Å². The first-order valence-corrected chi connectivity index (χ1v) is 8.92. The van der Waals surface area contributed by atoms with E-state index in [4.69, 9.17) is 9.16 Å². The fourth-order valence-corrected chi connectivity index (χ4v) is 2.43. The highest BCUT2D eigenvalue weighted by Crippen LogP contribution is 2.38. The largest absolute Gasteiger partial charge is 0.437 e. The van der Waals surface area contributed by atoms with E-state index in [0.29, 0.717) is 0 Å². The van der Waals surface area contributed by atoms with Crippen LogP contribution in [0.2, 0.25) is 18.1 Å². The Morgan fingerprint density at radius 3 is 2.19 bits per heavy atom. The van der Waals surface area contributed by atoms with Gasteiger partial charge in [-0.2, -0.15) is 0 Å². The summed E-state index contributed by atoms with van der Waals surface area (Å²) >= 11 is 0. The van der Waals surface area contributed by atoms with Gasteiger partial charge < -0.3 is 9.16 Å². The SMILES string of the molecule is CC(OC(=O)C1CC1)O[Si](C)(C)C(C)(C)C. The molecule has 1 unspecified atom stereocenters.